The monoisotopic (exact) mass is 282 g/mol. The Kier molecular flexibility index (Phi) is 3.95. The third-order valence-corrected chi connectivity index (χ3v) is 3.55. The van der Waals surface area contributed by atoms with Crippen LogP contribution in [0.3, 0.4) is 0 Å². The molecule has 5 nitrogen and oxygen atoms in total. The van der Waals surface area contributed by atoms with E-state index in [9.17, 15) is 9.59 Å². The van der Waals surface area contributed by atoms with Gasteiger partial charge in [-0.05, 0) is 30.5 Å². The molecule has 1 fully saturated rings. The number of carboxylic acid groups (broad SMARTS) is 1. The van der Waals surface area contributed by atoms with Gasteiger partial charge < -0.3 is 15.7 Å². The van der Waals surface area contributed by atoms with Crippen molar-refractivity contribution in [3.05, 3.63) is 28.8 Å². The van der Waals surface area contributed by atoms with Crippen molar-refractivity contribution < 1.29 is 14.7 Å². The van der Waals surface area contributed by atoms with E-state index in [0.29, 0.717) is 11.6 Å². The highest BCUT2D eigenvalue weighted by Crippen LogP contribution is 2.33. The molecular weight excluding hydrogens is 268 g/mol. The molecule has 6 heteroatoms. The molecule has 2 rings (SSSR count). The van der Waals surface area contributed by atoms with Crippen LogP contribution < -0.4 is 10.6 Å². The van der Waals surface area contributed by atoms with E-state index in [4.69, 9.17) is 16.7 Å². The Morgan fingerprint density at radius 3 is 2.79 bits per heavy atom. The van der Waals surface area contributed by atoms with E-state index >= 15 is 0 Å². The largest absolute Gasteiger partial charge is 0.478 e. The van der Waals surface area contributed by atoms with Crippen LogP contribution in [-0.2, 0) is 0 Å². The van der Waals surface area contributed by atoms with Gasteiger partial charge >= 0.3 is 12.0 Å². The van der Waals surface area contributed by atoms with Crippen LogP contribution in [0.1, 0.15) is 30.1 Å². The molecule has 0 saturated heterocycles. The molecule has 2 unspecified atom stereocenters. The second-order valence-corrected chi connectivity index (χ2v) is 5.02. The fourth-order valence-electron chi connectivity index (χ4n) is 1.98. The highest BCUT2D eigenvalue weighted by molar-refractivity contribution is 6.33. The van der Waals surface area contributed by atoms with Gasteiger partial charge in [-0.3, -0.25) is 0 Å². The van der Waals surface area contributed by atoms with E-state index in [2.05, 4.69) is 17.6 Å². The predicted octanol–water partition coefficient (Wildman–Crippen LogP) is 2.96. The van der Waals surface area contributed by atoms with Gasteiger partial charge in [0.05, 0.1) is 10.6 Å². The first-order valence-electron chi connectivity index (χ1n) is 6.11. The molecule has 1 aliphatic rings. The van der Waals surface area contributed by atoms with Gasteiger partial charge in [-0.2, -0.15) is 0 Å². The standard InChI is InChI=1S/C13H15ClN2O3/c1-2-7-5-11(7)16-13(19)15-8-3-4-10(14)9(6-8)12(17)18/h3-4,6-7,11H,2,5H2,1H3,(H,17,18)(H2,15,16,19). The number of hydrogen-bond acceptors (Lipinski definition) is 2. The summed E-state index contributed by atoms with van der Waals surface area (Å²) in [6.45, 7) is 2.09. The number of carbonyl (C=O) groups is 2. The molecule has 1 saturated carbocycles. The highest BCUT2D eigenvalue weighted by atomic mass is 35.5. The van der Waals surface area contributed by atoms with Gasteiger partial charge in [-0.1, -0.05) is 24.9 Å². The van der Waals surface area contributed by atoms with Gasteiger partial charge in [0, 0.05) is 11.7 Å². The zero-order valence-electron chi connectivity index (χ0n) is 10.4. The number of benzene rings is 1. The molecule has 2 amide bonds. The number of amides is 2. The van der Waals surface area contributed by atoms with E-state index < -0.39 is 5.97 Å². The Hall–Kier alpha value is -1.75. The number of hydrogen-bond donors (Lipinski definition) is 3. The minimum absolute atomic E-state index is 0.0303. The first kappa shape index (κ1) is 13.7. The van der Waals surface area contributed by atoms with Crippen molar-refractivity contribution in [2.45, 2.75) is 25.8 Å². The highest BCUT2D eigenvalue weighted by Gasteiger charge is 2.36. The zero-order chi connectivity index (χ0) is 14.0. The molecule has 1 aromatic rings. The quantitative estimate of drug-likeness (QED) is 0.794. The number of aromatic carboxylic acids is 1. The van der Waals surface area contributed by atoms with E-state index in [1.165, 1.54) is 12.1 Å². The van der Waals surface area contributed by atoms with Crippen LogP contribution in [0.5, 0.6) is 0 Å². The number of carbonyl (C=O) groups excluding carboxylic acids is 1. The van der Waals surface area contributed by atoms with Crippen molar-refractivity contribution >= 4 is 29.3 Å². The molecule has 102 valence electrons. The molecular formula is C13H15ClN2O3. The second kappa shape index (κ2) is 5.48. The third-order valence-electron chi connectivity index (χ3n) is 3.22. The topological polar surface area (TPSA) is 78.4 Å². The van der Waals surface area contributed by atoms with E-state index in [1.807, 2.05) is 0 Å². The fraction of sp³-hybridized carbons (Fsp3) is 0.385. The number of nitrogens with one attached hydrogen (secondary N) is 2. The Morgan fingerprint density at radius 2 is 2.21 bits per heavy atom. The number of anilines is 1. The lowest BCUT2D eigenvalue weighted by Crippen LogP contribution is -2.31. The van der Waals surface area contributed by atoms with Crippen molar-refractivity contribution in [1.29, 1.82) is 0 Å². The summed E-state index contributed by atoms with van der Waals surface area (Å²) in [4.78, 5) is 22.6. The molecule has 0 aromatic heterocycles. The second-order valence-electron chi connectivity index (χ2n) is 4.61. The molecule has 0 bridgehead atoms. The van der Waals surface area contributed by atoms with Crippen LogP contribution in [-0.4, -0.2) is 23.1 Å². The molecule has 19 heavy (non-hydrogen) atoms. The summed E-state index contributed by atoms with van der Waals surface area (Å²) in [7, 11) is 0. The van der Waals surface area contributed by atoms with Crippen LogP contribution in [0.2, 0.25) is 5.02 Å². The summed E-state index contributed by atoms with van der Waals surface area (Å²) in [5.41, 5.74) is 0.380. The van der Waals surface area contributed by atoms with Gasteiger partial charge in [-0.25, -0.2) is 9.59 Å². The maximum absolute atomic E-state index is 11.7. The van der Waals surface area contributed by atoms with Crippen LogP contribution in [0, 0.1) is 5.92 Å². The van der Waals surface area contributed by atoms with Crippen LogP contribution >= 0.6 is 11.6 Å². The summed E-state index contributed by atoms with van der Waals surface area (Å²) in [6, 6.07) is 4.27. The predicted molar refractivity (Wildman–Crippen MR) is 72.8 cm³/mol. The van der Waals surface area contributed by atoms with Crippen molar-refractivity contribution in [3.63, 3.8) is 0 Å². The van der Waals surface area contributed by atoms with Crippen molar-refractivity contribution in [3.8, 4) is 0 Å². The summed E-state index contributed by atoms with van der Waals surface area (Å²) in [6.07, 6.45) is 2.06. The first-order chi connectivity index (χ1) is 9.01. The first-order valence-corrected chi connectivity index (χ1v) is 6.49. The lowest BCUT2D eigenvalue weighted by atomic mass is 10.2. The Bertz CT molecular complexity index is 519. The maximum atomic E-state index is 11.7. The molecule has 0 spiro atoms. The van der Waals surface area contributed by atoms with E-state index in [1.54, 1.807) is 6.07 Å². The summed E-state index contributed by atoms with van der Waals surface area (Å²) >= 11 is 5.75. The molecule has 1 aromatic carbocycles. The smallest absolute Gasteiger partial charge is 0.337 e. The van der Waals surface area contributed by atoms with Gasteiger partial charge in [0.25, 0.3) is 0 Å². The number of urea groups is 1. The van der Waals surface area contributed by atoms with E-state index in [-0.39, 0.29) is 22.7 Å². The minimum atomic E-state index is -1.12. The molecule has 1 aliphatic carbocycles. The van der Waals surface area contributed by atoms with Crippen LogP contribution in [0.15, 0.2) is 18.2 Å². The summed E-state index contributed by atoms with van der Waals surface area (Å²) < 4.78 is 0. The number of carboxylic acids is 1. The number of halogens is 1. The van der Waals surface area contributed by atoms with Gasteiger partial charge in [0.1, 0.15) is 0 Å². The van der Waals surface area contributed by atoms with Gasteiger partial charge in [-0.15, -0.1) is 0 Å². The fourth-order valence-corrected chi connectivity index (χ4v) is 2.18. The third kappa shape index (κ3) is 3.38. The van der Waals surface area contributed by atoms with Crippen molar-refractivity contribution in [2.24, 2.45) is 5.92 Å². The SMILES string of the molecule is CCC1CC1NC(=O)Nc1ccc(Cl)c(C(=O)O)c1. The molecule has 0 aliphatic heterocycles. The van der Waals surface area contributed by atoms with Gasteiger partial charge in [0.2, 0.25) is 0 Å². The van der Waals surface area contributed by atoms with Crippen LogP contribution in [0.4, 0.5) is 10.5 Å². The lowest BCUT2D eigenvalue weighted by Gasteiger charge is -2.08. The number of rotatable bonds is 4. The van der Waals surface area contributed by atoms with Gasteiger partial charge in [0.15, 0.2) is 0 Å². The maximum Gasteiger partial charge on any atom is 0.337 e. The van der Waals surface area contributed by atoms with Crippen molar-refractivity contribution in [1.82, 2.24) is 5.32 Å². The molecule has 3 N–H and O–H groups in total. The van der Waals surface area contributed by atoms with Crippen LogP contribution in [0.25, 0.3) is 0 Å². The average molecular weight is 283 g/mol. The average Bonchev–Trinajstić information content (AvgIpc) is 3.09. The Labute approximate surface area is 116 Å². The lowest BCUT2D eigenvalue weighted by molar-refractivity contribution is 0.0697. The Morgan fingerprint density at radius 1 is 1.47 bits per heavy atom. The molecule has 2 atom stereocenters. The summed E-state index contributed by atoms with van der Waals surface area (Å²) in [5.74, 6) is -0.562. The molecule has 0 radical (unpaired) electrons. The summed E-state index contributed by atoms with van der Waals surface area (Å²) in [5, 5.41) is 14.5. The zero-order valence-corrected chi connectivity index (χ0v) is 11.2. The normalized spacial score (nSPS) is 20.7. The van der Waals surface area contributed by atoms with Crippen molar-refractivity contribution in [2.75, 3.05) is 5.32 Å². The molecule has 0 heterocycles. The van der Waals surface area contributed by atoms with E-state index in [0.717, 1.165) is 12.8 Å². The Balaban J connectivity index is 1.97. The minimum Gasteiger partial charge on any atom is -0.478 e.